The summed E-state index contributed by atoms with van der Waals surface area (Å²) in [6.07, 6.45) is 1.66. The number of aromatic nitrogens is 1. The van der Waals surface area contributed by atoms with E-state index in [1.165, 1.54) is 12.3 Å². The molecule has 1 aromatic carbocycles. The number of hydrogen-bond donors (Lipinski definition) is 0. The summed E-state index contributed by atoms with van der Waals surface area (Å²) in [4.78, 5) is 43.0. The van der Waals surface area contributed by atoms with Crippen LogP contribution in [0.3, 0.4) is 0 Å². The summed E-state index contributed by atoms with van der Waals surface area (Å²) in [5.41, 5.74) is 1.33. The molecule has 0 N–H and O–H groups in total. The largest absolute Gasteiger partial charge is 0.353 e. The molecular weight excluding hydrogens is 360 g/mol. The zero-order valence-electron chi connectivity index (χ0n) is 15.7. The zero-order valence-corrected chi connectivity index (χ0v) is 15.7. The number of piperazine rings is 1. The first-order valence-electron chi connectivity index (χ1n) is 9.17. The fourth-order valence-electron chi connectivity index (χ4n) is 3.30. The first kappa shape index (κ1) is 19.5. The summed E-state index contributed by atoms with van der Waals surface area (Å²) in [5.74, 6) is 0.646. The molecule has 28 heavy (non-hydrogen) atoms. The lowest BCUT2D eigenvalue weighted by Crippen LogP contribution is -2.49. The van der Waals surface area contributed by atoms with Gasteiger partial charge in [-0.3, -0.25) is 19.7 Å². The molecule has 1 fully saturated rings. The molecule has 146 valence electrons. The molecule has 0 spiro atoms. The van der Waals surface area contributed by atoms with Crippen LogP contribution < -0.4 is 4.90 Å². The van der Waals surface area contributed by atoms with Gasteiger partial charge in [-0.25, -0.2) is 4.98 Å². The zero-order chi connectivity index (χ0) is 20.1. The van der Waals surface area contributed by atoms with Gasteiger partial charge >= 0.3 is 0 Å². The predicted octanol–water partition coefficient (Wildman–Crippen LogP) is 2.61. The van der Waals surface area contributed by atoms with E-state index in [0.29, 0.717) is 37.6 Å². The van der Waals surface area contributed by atoms with Crippen molar-refractivity contribution >= 4 is 23.2 Å². The molecule has 0 bridgehead atoms. The third kappa shape index (κ3) is 4.51. The van der Waals surface area contributed by atoms with E-state index in [0.717, 1.165) is 5.56 Å². The lowest BCUT2D eigenvalue weighted by molar-refractivity contribution is -0.385. The number of nitro groups is 1. The summed E-state index contributed by atoms with van der Waals surface area (Å²) < 4.78 is 0. The first-order chi connectivity index (χ1) is 13.5. The SMILES string of the molecule is Cc1cc([N+](=O)[O-])cnc1N1CCN(C(=O)CCC(=O)c2ccccc2)CC1. The number of anilines is 1. The van der Waals surface area contributed by atoms with E-state index in [4.69, 9.17) is 0 Å². The number of amides is 1. The number of Topliss-reactive ketones (excluding diaryl/α,β-unsaturated/α-hetero) is 1. The Hall–Kier alpha value is -3.29. The van der Waals surface area contributed by atoms with Crippen molar-refractivity contribution in [1.82, 2.24) is 9.88 Å². The molecule has 2 aromatic rings. The van der Waals surface area contributed by atoms with Crippen LogP contribution in [-0.2, 0) is 4.79 Å². The topological polar surface area (TPSA) is 96.7 Å². The monoisotopic (exact) mass is 382 g/mol. The minimum atomic E-state index is -0.461. The number of ketones is 1. The van der Waals surface area contributed by atoms with Crippen LogP contribution in [0.15, 0.2) is 42.6 Å². The second kappa shape index (κ2) is 8.60. The fourth-order valence-corrected chi connectivity index (χ4v) is 3.30. The van der Waals surface area contributed by atoms with Gasteiger partial charge in [0.15, 0.2) is 5.78 Å². The highest BCUT2D eigenvalue weighted by Gasteiger charge is 2.24. The third-order valence-electron chi connectivity index (χ3n) is 4.84. The van der Waals surface area contributed by atoms with Crippen LogP contribution in [0.2, 0.25) is 0 Å². The highest BCUT2D eigenvalue weighted by Crippen LogP contribution is 2.23. The Kier molecular flexibility index (Phi) is 5.98. The van der Waals surface area contributed by atoms with Crippen LogP contribution >= 0.6 is 0 Å². The molecule has 2 heterocycles. The minimum Gasteiger partial charge on any atom is -0.353 e. The fraction of sp³-hybridized carbons (Fsp3) is 0.350. The van der Waals surface area contributed by atoms with E-state index in [9.17, 15) is 19.7 Å². The van der Waals surface area contributed by atoms with E-state index in [1.54, 1.807) is 24.0 Å². The van der Waals surface area contributed by atoms with Gasteiger partial charge in [0.1, 0.15) is 12.0 Å². The maximum atomic E-state index is 12.4. The normalized spacial score (nSPS) is 14.0. The van der Waals surface area contributed by atoms with Crippen molar-refractivity contribution in [3.8, 4) is 0 Å². The standard InChI is InChI=1S/C20H22N4O4/c1-15-13-17(24(27)28)14-21-20(15)23-11-9-22(10-12-23)19(26)8-7-18(25)16-5-3-2-4-6-16/h2-6,13-14H,7-12H2,1H3. The van der Waals surface area contributed by atoms with Gasteiger partial charge in [0, 0.05) is 50.7 Å². The molecular formula is C20H22N4O4. The Morgan fingerprint density at radius 1 is 1.11 bits per heavy atom. The number of aryl methyl sites for hydroxylation is 1. The number of benzene rings is 1. The molecule has 3 rings (SSSR count). The number of rotatable bonds is 6. The Morgan fingerprint density at radius 2 is 1.79 bits per heavy atom. The second-order valence-electron chi connectivity index (χ2n) is 6.75. The molecule has 1 aliphatic heterocycles. The van der Waals surface area contributed by atoms with E-state index in [-0.39, 0.29) is 30.2 Å². The van der Waals surface area contributed by atoms with E-state index in [1.807, 2.05) is 23.1 Å². The van der Waals surface area contributed by atoms with Crippen molar-refractivity contribution in [2.45, 2.75) is 19.8 Å². The molecule has 8 heteroatoms. The minimum absolute atomic E-state index is 0.0294. The van der Waals surface area contributed by atoms with E-state index < -0.39 is 4.92 Å². The molecule has 1 aromatic heterocycles. The molecule has 0 atom stereocenters. The summed E-state index contributed by atoms with van der Waals surface area (Å²) in [6.45, 7) is 4.07. The van der Waals surface area contributed by atoms with Crippen molar-refractivity contribution < 1.29 is 14.5 Å². The molecule has 8 nitrogen and oxygen atoms in total. The van der Waals surface area contributed by atoms with Crippen LogP contribution in [0.5, 0.6) is 0 Å². The maximum absolute atomic E-state index is 12.4. The summed E-state index contributed by atoms with van der Waals surface area (Å²) in [7, 11) is 0. The van der Waals surface area contributed by atoms with Crippen LogP contribution in [-0.4, -0.2) is 52.7 Å². The number of pyridine rings is 1. The summed E-state index contributed by atoms with van der Waals surface area (Å²) in [6, 6.07) is 10.5. The number of hydrogen-bond acceptors (Lipinski definition) is 6. The second-order valence-corrected chi connectivity index (χ2v) is 6.75. The average molecular weight is 382 g/mol. The van der Waals surface area contributed by atoms with Crippen LogP contribution in [0.4, 0.5) is 11.5 Å². The lowest BCUT2D eigenvalue weighted by Gasteiger charge is -2.36. The van der Waals surface area contributed by atoms with Gasteiger partial charge < -0.3 is 9.80 Å². The Bertz CT molecular complexity index is 877. The van der Waals surface area contributed by atoms with Crippen molar-refractivity contribution in [2.24, 2.45) is 0 Å². The van der Waals surface area contributed by atoms with Crippen LogP contribution in [0.25, 0.3) is 0 Å². The van der Waals surface area contributed by atoms with Gasteiger partial charge in [0.2, 0.25) is 5.91 Å². The smallest absolute Gasteiger partial charge is 0.287 e. The maximum Gasteiger partial charge on any atom is 0.287 e. The van der Waals surface area contributed by atoms with Gasteiger partial charge in [-0.2, -0.15) is 0 Å². The Balaban J connectivity index is 1.51. The highest BCUT2D eigenvalue weighted by molar-refractivity contribution is 5.97. The van der Waals surface area contributed by atoms with Crippen molar-refractivity contribution in [3.05, 3.63) is 63.8 Å². The van der Waals surface area contributed by atoms with Gasteiger partial charge in [-0.05, 0) is 12.5 Å². The molecule has 1 saturated heterocycles. The summed E-state index contributed by atoms with van der Waals surface area (Å²) >= 11 is 0. The molecule has 1 amide bonds. The molecule has 0 saturated carbocycles. The highest BCUT2D eigenvalue weighted by atomic mass is 16.6. The molecule has 1 aliphatic rings. The van der Waals surface area contributed by atoms with Crippen molar-refractivity contribution in [2.75, 3.05) is 31.1 Å². The van der Waals surface area contributed by atoms with E-state index >= 15 is 0 Å². The van der Waals surface area contributed by atoms with Crippen LogP contribution in [0, 0.1) is 17.0 Å². The Morgan fingerprint density at radius 3 is 2.39 bits per heavy atom. The molecule has 0 aliphatic carbocycles. The van der Waals surface area contributed by atoms with Gasteiger partial charge in [-0.1, -0.05) is 30.3 Å². The Labute approximate surface area is 162 Å². The molecule has 0 unspecified atom stereocenters. The lowest BCUT2D eigenvalue weighted by atomic mass is 10.1. The van der Waals surface area contributed by atoms with Crippen molar-refractivity contribution in [3.63, 3.8) is 0 Å². The predicted molar refractivity (Wildman–Crippen MR) is 104 cm³/mol. The van der Waals surface area contributed by atoms with Gasteiger partial charge in [0.25, 0.3) is 5.69 Å². The van der Waals surface area contributed by atoms with E-state index in [2.05, 4.69) is 4.98 Å². The number of carbonyl (C=O) groups is 2. The third-order valence-corrected chi connectivity index (χ3v) is 4.84. The van der Waals surface area contributed by atoms with Crippen LogP contribution in [0.1, 0.15) is 28.8 Å². The van der Waals surface area contributed by atoms with Gasteiger partial charge in [-0.15, -0.1) is 0 Å². The molecule has 0 radical (unpaired) electrons. The summed E-state index contributed by atoms with van der Waals surface area (Å²) in [5, 5.41) is 10.8. The quantitative estimate of drug-likeness (QED) is 0.433. The van der Waals surface area contributed by atoms with Gasteiger partial charge in [0.05, 0.1) is 4.92 Å². The average Bonchev–Trinajstić information content (AvgIpc) is 2.72. The van der Waals surface area contributed by atoms with Crippen molar-refractivity contribution in [1.29, 1.82) is 0 Å². The number of carbonyl (C=O) groups excluding carboxylic acids is 2. The number of nitrogens with zero attached hydrogens (tertiary/aromatic N) is 4. The first-order valence-corrected chi connectivity index (χ1v) is 9.17.